The van der Waals surface area contributed by atoms with Crippen LogP contribution in [0.2, 0.25) is 0 Å². The quantitative estimate of drug-likeness (QED) is 0.720. The molecule has 6 nitrogen and oxygen atoms in total. The lowest BCUT2D eigenvalue weighted by Gasteiger charge is -2.22. The second-order valence-corrected chi connectivity index (χ2v) is 8.12. The summed E-state index contributed by atoms with van der Waals surface area (Å²) >= 11 is 0. The SMILES string of the molecule is CC(C)NC(=O)c1nc(C(=O)Nc2ccccc2C(C)(C)C)n2ccccc12. The van der Waals surface area contributed by atoms with Gasteiger partial charge in [0.05, 0.1) is 5.52 Å². The Morgan fingerprint density at radius 1 is 1.00 bits per heavy atom. The van der Waals surface area contributed by atoms with Crippen LogP contribution in [-0.4, -0.2) is 27.2 Å². The highest BCUT2D eigenvalue weighted by molar-refractivity contribution is 6.06. The fraction of sp³-hybridized carbons (Fsp3) is 0.318. The third kappa shape index (κ3) is 3.91. The summed E-state index contributed by atoms with van der Waals surface area (Å²) in [5, 5.41) is 5.80. The summed E-state index contributed by atoms with van der Waals surface area (Å²) in [6, 6.07) is 13.1. The maximum atomic E-state index is 13.0. The first-order valence-corrected chi connectivity index (χ1v) is 9.37. The van der Waals surface area contributed by atoms with E-state index in [2.05, 4.69) is 36.4 Å². The molecule has 0 atom stereocenters. The maximum absolute atomic E-state index is 13.0. The van der Waals surface area contributed by atoms with Crippen molar-refractivity contribution in [2.45, 2.75) is 46.1 Å². The zero-order valence-electron chi connectivity index (χ0n) is 16.9. The second-order valence-electron chi connectivity index (χ2n) is 8.12. The third-order valence-corrected chi connectivity index (χ3v) is 4.37. The Bertz CT molecular complexity index is 1030. The largest absolute Gasteiger partial charge is 0.348 e. The van der Waals surface area contributed by atoms with E-state index in [1.165, 1.54) is 0 Å². The Kier molecular flexibility index (Phi) is 5.23. The number of rotatable bonds is 4. The predicted molar refractivity (Wildman–Crippen MR) is 111 cm³/mol. The van der Waals surface area contributed by atoms with Gasteiger partial charge in [0, 0.05) is 17.9 Å². The molecular formula is C22H26N4O2. The van der Waals surface area contributed by atoms with Crippen LogP contribution in [-0.2, 0) is 5.41 Å². The molecule has 2 aromatic heterocycles. The number of imidazole rings is 1. The standard InChI is InChI=1S/C22H26N4O2/c1-14(2)23-20(27)18-17-12-8-9-13-26(17)19(25-18)21(28)24-16-11-7-6-10-15(16)22(3,4)5/h6-14H,1-5H3,(H,23,27)(H,24,28). The van der Waals surface area contributed by atoms with Crippen LogP contribution in [0.25, 0.3) is 5.52 Å². The number of pyridine rings is 1. The van der Waals surface area contributed by atoms with Gasteiger partial charge < -0.3 is 10.6 Å². The molecule has 28 heavy (non-hydrogen) atoms. The number of fused-ring (bicyclic) bond motifs is 1. The van der Waals surface area contributed by atoms with Crippen LogP contribution >= 0.6 is 0 Å². The van der Waals surface area contributed by atoms with Crippen molar-refractivity contribution >= 4 is 23.0 Å². The summed E-state index contributed by atoms with van der Waals surface area (Å²) in [5.74, 6) is -0.484. The van der Waals surface area contributed by atoms with Gasteiger partial charge in [-0.1, -0.05) is 45.0 Å². The lowest BCUT2D eigenvalue weighted by atomic mass is 9.86. The molecule has 0 spiro atoms. The first kappa shape index (κ1) is 19.6. The molecule has 0 bridgehead atoms. The number of carbonyl (C=O) groups is 2. The van der Waals surface area contributed by atoms with Gasteiger partial charge in [-0.05, 0) is 43.0 Å². The van der Waals surface area contributed by atoms with Crippen LogP contribution in [0.3, 0.4) is 0 Å². The van der Waals surface area contributed by atoms with E-state index < -0.39 is 0 Å². The van der Waals surface area contributed by atoms with Crippen molar-refractivity contribution in [3.63, 3.8) is 0 Å². The molecule has 0 aliphatic heterocycles. The highest BCUT2D eigenvalue weighted by Gasteiger charge is 2.24. The number of para-hydroxylation sites is 1. The van der Waals surface area contributed by atoms with E-state index in [4.69, 9.17) is 0 Å². The monoisotopic (exact) mass is 378 g/mol. The molecule has 2 heterocycles. The molecule has 0 fully saturated rings. The Labute approximate surface area is 165 Å². The highest BCUT2D eigenvalue weighted by atomic mass is 16.2. The number of aromatic nitrogens is 2. The van der Waals surface area contributed by atoms with E-state index in [1.807, 2.05) is 44.2 Å². The average molecular weight is 378 g/mol. The lowest BCUT2D eigenvalue weighted by molar-refractivity contribution is 0.0940. The molecule has 146 valence electrons. The van der Waals surface area contributed by atoms with Crippen molar-refractivity contribution in [2.24, 2.45) is 0 Å². The molecule has 2 amide bonds. The van der Waals surface area contributed by atoms with Crippen molar-refractivity contribution in [3.8, 4) is 0 Å². The number of hydrogen-bond donors (Lipinski definition) is 2. The van der Waals surface area contributed by atoms with Gasteiger partial charge >= 0.3 is 0 Å². The van der Waals surface area contributed by atoms with Gasteiger partial charge in [-0.15, -0.1) is 0 Å². The summed E-state index contributed by atoms with van der Waals surface area (Å²) in [4.78, 5) is 29.9. The fourth-order valence-electron chi connectivity index (χ4n) is 3.12. The van der Waals surface area contributed by atoms with E-state index in [1.54, 1.807) is 22.7 Å². The minimum Gasteiger partial charge on any atom is -0.348 e. The van der Waals surface area contributed by atoms with Crippen molar-refractivity contribution < 1.29 is 9.59 Å². The molecule has 2 N–H and O–H groups in total. The summed E-state index contributed by atoms with van der Waals surface area (Å²) < 4.78 is 1.64. The molecule has 0 saturated heterocycles. The number of nitrogens with zero attached hydrogens (tertiary/aromatic N) is 2. The van der Waals surface area contributed by atoms with Gasteiger partial charge in [-0.3, -0.25) is 14.0 Å². The topological polar surface area (TPSA) is 75.5 Å². The maximum Gasteiger partial charge on any atom is 0.292 e. The summed E-state index contributed by atoms with van der Waals surface area (Å²) in [6.45, 7) is 10.0. The van der Waals surface area contributed by atoms with Gasteiger partial charge in [-0.25, -0.2) is 4.98 Å². The van der Waals surface area contributed by atoms with Crippen LogP contribution in [0, 0.1) is 0 Å². The van der Waals surface area contributed by atoms with E-state index in [-0.39, 0.29) is 34.8 Å². The van der Waals surface area contributed by atoms with Crippen molar-refractivity contribution in [1.29, 1.82) is 0 Å². The highest BCUT2D eigenvalue weighted by Crippen LogP contribution is 2.29. The minimum absolute atomic E-state index is 0.0242. The Morgan fingerprint density at radius 3 is 2.36 bits per heavy atom. The zero-order chi connectivity index (χ0) is 20.5. The molecular weight excluding hydrogens is 352 g/mol. The van der Waals surface area contributed by atoms with Crippen LogP contribution < -0.4 is 10.6 Å². The fourth-order valence-corrected chi connectivity index (χ4v) is 3.12. The molecule has 3 aromatic rings. The third-order valence-electron chi connectivity index (χ3n) is 4.37. The van der Waals surface area contributed by atoms with E-state index in [9.17, 15) is 9.59 Å². The molecule has 3 rings (SSSR count). The van der Waals surface area contributed by atoms with Gasteiger partial charge in [0.15, 0.2) is 5.69 Å². The minimum atomic E-state index is -0.360. The molecule has 0 aliphatic carbocycles. The Balaban J connectivity index is 2.01. The second kappa shape index (κ2) is 7.46. The molecule has 1 aromatic carbocycles. The molecule has 0 aliphatic rings. The summed E-state index contributed by atoms with van der Waals surface area (Å²) in [6.07, 6.45) is 1.74. The molecule has 0 radical (unpaired) electrons. The first-order chi connectivity index (χ1) is 13.2. The van der Waals surface area contributed by atoms with E-state index >= 15 is 0 Å². The van der Waals surface area contributed by atoms with Crippen LogP contribution in [0.15, 0.2) is 48.7 Å². The van der Waals surface area contributed by atoms with Gasteiger partial charge in [-0.2, -0.15) is 0 Å². The van der Waals surface area contributed by atoms with Crippen molar-refractivity contribution in [1.82, 2.24) is 14.7 Å². The van der Waals surface area contributed by atoms with Gasteiger partial charge in [0.25, 0.3) is 11.8 Å². The Hall–Kier alpha value is -3.15. The van der Waals surface area contributed by atoms with Crippen LogP contribution in [0.4, 0.5) is 5.69 Å². The van der Waals surface area contributed by atoms with Crippen LogP contribution in [0.5, 0.6) is 0 Å². The molecule has 0 unspecified atom stereocenters. The number of carbonyl (C=O) groups excluding carboxylic acids is 2. The predicted octanol–water partition coefficient (Wildman–Crippen LogP) is 4.02. The number of anilines is 1. The van der Waals surface area contributed by atoms with Gasteiger partial charge in [0.1, 0.15) is 0 Å². The summed E-state index contributed by atoms with van der Waals surface area (Å²) in [7, 11) is 0. The van der Waals surface area contributed by atoms with E-state index in [0.29, 0.717) is 5.52 Å². The summed E-state index contributed by atoms with van der Waals surface area (Å²) in [5.41, 5.74) is 2.47. The van der Waals surface area contributed by atoms with E-state index in [0.717, 1.165) is 11.3 Å². The molecule has 6 heteroatoms. The zero-order valence-corrected chi connectivity index (χ0v) is 16.9. The van der Waals surface area contributed by atoms with Crippen molar-refractivity contribution in [3.05, 3.63) is 65.7 Å². The van der Waals surface area contributed by atoms with Crippen molar-refractivity contribution in [2.75, 3.05) is 5.32 Å². The lowest BCUT2D eigenvalue weighted by Crippen LogP contribution is -2.30. The Morgan fingerprint density at radius 2 is 1.68 bits per heavy atom. The number of benzene rings is 1. The van der Waals surface area contributed by atoms with Gasteiger partial charge in [0.2, 0.25) is 5.82 Å². The first-order valence-electron chi connectivity index (χ1n) is 9.37. The number of amides is 2. The normalized spacial score (nSPS) is 11.6. The number of nitrogens with one attached hydrogen (secondary N) is 2. The smallest absolute Gasteiger partial charge is 0.292 e. The molecule has 0 saturated carbocycles. The van der Waals surface area contributed by atoms with Crippen LogP contribution in [0.1, 0.15) is 61.3 Å². The average Bonchev–Trinajstić information content (AvgIpc) is 3.00. The number of hydrogen-bond acceptors (Lipinski definition) is 3.